The first-order valence-electron chi connectivity index (χ1n) is 4.68. The van der Waals surface area contributed by atoms with Crippen LogP contribution in [0.15, 0.2) is 23.4 Å². The summed E-state index contributed by atoms with van der Waals surface area (Å²) in [7, 11) is 0. The number of aryl methyl sites for hydroxylation is 1. The van der Waals surface area contributed by atoms with Crippen LogP contribution >= 0.6 is 11.6 Å². The second kappa shape index (κ2) is 4.62. The van der Waals surface area contributed by atoms with Crippen LogP contribution in [-0.4, -0.2) is 12.1 Å². The molecular weight excluding hydrogens is 214 g/mol. The molecule has 0 amide bonds. The van der Waals surface area contributed by atoms with Gasteiger partial charge in [0.25, 0.3) is 0 Å². The van der Waals surface area contributed by atoms with Gasteiger partial charge in [-0.25, -0.2) is 0 Å². The zero-order valence-electron chi connectivity index (χ0n) is 9.08. The van der Waals surface area contributed by atoms with Crippen LogP contribution < -0.4 is 4.74 Å². The fourth-order valence-corrected chi connectivity index (χ4v) is 1.28. The van der Waals surface area contributed by atoms with E-state index in [0.717, 1.165) is 11.3 Å². The van der Waals surface area contributed by atoms with Crippen molar-refractivity contribution in [2.75, 3.05) is 6.61 Å². The summed E-state index contributed by atoms with van der Waals surface area (Å²) in [6.07, 6.45) is 0. The Labute approximate surface area is 94.4 Å². The molecule has 0 aliphatic rings. The Kier molecular flexibility index (Phi) is 3.69. The smallest absolute Gasteiger partial charge is 0.131 e. The van der Waals surface area contributed by atoms with Gasteiger partial charge in [0, 0.05) is 5.02 Å². The lowest BCUT2D eigenvalue weighted by Crippen LogP contribution is -2.25. The van der Waals surface area contributed by atoms with E-state index in [1.807, 2.05) is 13.0 Å². The van der Waals surface area contributed by atoms with Crippen LogP contribution in [0.5, 0.6) is 5.75 Å². The Morgan fingerprint density at radius 1 is 1.47 bits per heavy atom. The van der Waals surface area contributed by atoms with E-state index in [1.165, 1.54) is 0 Å². The van der Waals surface area contributed by atoms with Crippen LogP contribution in [0.1, 0.15) is 19.4 Å². The molecule has 1 rings (SSSR count). The third kappa shape index (κ3) is 3.51. The molecule has 82 valence electrons. The molecule has 0 aliphatic carbocycles. The molecule has 1 aromatic carbocycles. The van der Waals surface area contributed by atoms with Crippen LogP contribution in [0, 0.1) is 11.8 Å². The van der Waals surface area contributed by atoms with E-state index in [0.29, 0.717) is 5.02 Å². The van der Waals surface area contributed by atoms with Crippen molar-refractivity contribution < 1.29 is 4.74 Å². The maximum atomic E-state index is 10.4. The molecular formula is C11H14ClNO2. The fraction of sp³-hybridized carbons (Fsp3) is 0.455. The van der Waals surface area contributed by atoms with Gasteiger partial charge >= 0.3 is 0 Å². The number of rotatable bonds is 4. The Hall–Kier alpha value is -1.09. The van der Waals surface area contributed by atoms with Gasteiger partial charge in [-0.2, -0.15) is 4.91 Å². The minimum atomic E-state index is -0.702. The highest BCUT2D eigenvalue weighted by Crippen LogP contribution is 2.23. The molecule has 0 aromatic heterocycles. The number of ether oxygens (including phenoxy) is 1. The topological polar surface area (TPSA) is 38.7 Å². The molecule has 0 spiro atoms. The van der Waals surface area contributed by atoms with Crippen LogP contribution in [0.25, 0.3) is 0 Å². The standard InChI is InChI=1S/C11H14ClNO2/c1-8-6-9(12)4-5-10(8)15-7-11(2,3)13-14/h4-6H,7H2,1-3H3. The Balaban J connectivity index is 2.70. The highest BCUT2D eigenvalue weighted by molar-refractivity contribution is 6.30. The maximum absolute atomic E-state index is 10.4. The zero-order valence-corrected chi connectivity index (χ0v) is 9.84. The molecule has 3 nitrogen and oxygen atoms in total. The van der Waals surface area contributed by atoms with Crippen molar-refractivity contribution in [3.05, 3.63) is 33.7 Å². The summed E-state index contributed by atoms with van der Waals surface area (Å²) in [6.45, 7) is 5.62. The van der Waals surface area contributed by atoms with Crippen LogP contribution in [-0.2, 0) is 0 Å². The van der Waals surface area contributed by atoms with Gasteiger partial charge in [0.1, 0.15) is 17.9 Å². The number of nitrogens with zero attached hydrogens (tertiary/aromatic N) is 1. The third-order valence-corrected chi connectivity index (χ3v) is 2.20. The molecule has 1 aromatic rings. The van der Waals surface area contributed by atoms with E-state index in [4.69, 9.17) is 16.3 Å². The van der Waals surface area contributed by atoms with Gasteiger partial charge in [-0.1, -0.05) is 16.8 Å². The Morgan fingerprint density at radius 3 is 2.67 bits per heavy atom. The van der Waals surface area contributed by atoms with Gasteiger partial charge < -0.3 is 4.74 Å². The van der Waals surface area contributed by atoms with E-state index in [-0.39, 0.29) is 6.61 Å². The van der Waals surface area contributed by atoms with Crippen molar-refractivity contribution in [1.29, 1.82) is 0 Å². The Morgan fingerprint density at radius 2 is 2.13 bits per heavy atom. The van der Waals surface area contributed by atoms with Gasteiger partial charge in [-0.15, -0.1) is 0 Å². The van der Waals surface area contributed by atoms with Crippen LogP contribution in [0.2, 0.25) is 5.02 Å². The van der Waals surface area contributed by atoms with Gasteiger partial charge in [0.05, 0.1) is 0 Å². The minimum absolute atomic E-state index is 0.263. The first-order valence-corrected chi connectivity index (χ1v) is 5.06. The molecule has 0 unspecified atom stereocenters. The average Bonchev–Trinajstić information content (AvgIpc) is 2.16. The number of hydrogen-bond donors (Lipinski definition) is 0. The molecule has 0 saturated carbocycles. The molecule has 15 heavy (non-hydrogen) atoms. The monoisotopic (exact) mass is 227 g/mol. The summed E-state index contributed by atoms with van der Waals surface area (Å²) >= 11 is 5.81. The summed E-state index contributed by atoms with van der Waals surface area (Å²) in [5.41, 5.74) is 0.246. The molecule has 0 N–H and O–H groups in total. The Bertz CT molecular complexity index is 364. The van der Waals surface area contributed by atoms with Gasteiger partial charge in [0.15, 0.2) is 0 Å². The van der Waals surface area contributed by atoms with Crippen molar-refractivity contribution in [3.8, 4) is 5.75 Å². The number of hydrogen-bond acceptors (Lipinski definition) is 3. The van der Waals surface area contributed by atoms with Gasteiger partial charge in [0.2, 0.25) is 0 Å². The summed E-state index contributed by atoms with van der Waals surface area (Å²) in [5.74, 6) is 0.733. The molecule has 0 aliphatic heterocycles. The normalized spacial score (nSPS) is 11.2. The summed E-state index contributed by atoms with van der Waals surface area (Å²) < 4.78 is 5.50. The predicted molar refractivity (Wildman–Crippen MR) is 61.6 cm³/mol. The second-order valence-corrected chi connectivity index (χ2v) is 4.54. The summed E-state index contributed by atoms with van der Waals surface area (Å²) in [4.78, 5) is 10.4. The molecule has 0 bridgehead atoms. The molecule has 0 fully saturated rings. The second-order valence-electron chi connectivity index (χ2n) is 4.10. The van der Waals surface area contributed by atoms with Crippen molar-refractivity contribution >= 4 is 11.6 Å². The van der Waals surface area contributed by atoms with Crippen molar-refractivity contribution in [2.45, 2.75) is 26.3 Å². The van der Waals surface area contributed by atoms with Gasteiger partial charge in [-0.3, -0.25) is 0 Å². The third-order valence-electron chi connectivity index (χ3n) is 1.96. The maximum Gasteiger partial charge on any atom is 0.131 e. The lowest BCUT2D eigenvalue weighted by molar-refractivity contribution is 0.242. The van der Waals surface area contributed by atoms with Crippen LogP contribution in [0.3, 0.4) is 0 Å². The fourth-order valence-electron chi connectivity index (χ4n) is 1.06. The highest BCUT2D eigenvalue weighted by Gasteiger charge is 2.19. The molecule has 4 heteroatoms. The quantitative estimate of drug-likeness (QED) is 0.738. The van der Waals surface area contributed by atoms with Crippen molar-refractivity contribution in [1.82, 2.24) is 0 Å². The van der Waals surface area contributed by atoms with Crippen LogP contribution in [0.4, 0.5) is 0 Å². The predicted octanol–water partition coefficient (Wildman–Crippen LogP) is 3.57. The highest BCUT2D eigenvalue weighted by atomic mass is 35.5. The first kappa shape index (κ1) is 12.0. The van der Waals surface area contributed by atoms with Gasteiger partial charge in [-0.05, 0) is 44.5 Å². The first-order chi connectivity index (χ1) is 6.94. The molecule has 0 heterocycles. The van der Waals surface area contributed by atoms with E-state index >= 15 is 0 Å². The number of benzene rings is 1. The molecule has 0 atom stereocenters. The number of halogens is 1. The average molecular weight is 228 g/mol. The summed E-state index contributed by atoms with van der Waals surface area (Å²) in [6, 6.07) is 5.36. The molecule has 0 radical (unpaired) electrons. The van der Waals surface area contributed by atoms with Crippen molar-refractivity contribution in [3.63, 3.8) is 0 Å². The molecule has 0 saturated heterocycles. The van der Waals surface area contributed by atoms with E-state index in [2.05, 4.69) is 5.18 Å². The lowest BCUT2D eigenvalue weighted by atomic mass is 10.1. The summed E-state index contributed by atoms with van der Waals surface area (Å²) in [5, 5.41) is 3.66. The van der Waals surface area contributed by atoms with E-state index in [1.54, 1.807) is 26.0 Å². The largest absolute Gasteiger partial charge is 0.491 e. The van der Waals surface area contributed by atoms with Crippen molar-refractivity contribution in [2.24, 2.45) is 5.18 Å². The lowest BCUT2D eigenvalue weighted by Gasteiger charge is -2.17. The minimum Gasteiger partial charge on any atom is -0.491 e. The van der Waals surface area contributed by atoms with E-state index < -0.39 is 5.54 Å². The number of nitroso groups, excluding NO2 is 1. The zero-order chi connectivity index (χ0) is 11.5. The van der Waals surface area contributed by atoms with E-state index in [9.17, 15) is 4.91 Å². The SMILES string of the molecule is Cc1cc(Cl)ccc1OCC(C)(C)N=O.